The fourth-order valence-corrected chi connectivity index (χ4v) is 2.69. The molecule has 1 aliphatic heterocycles. The summed E-state index contributed by atoms with van der Waals surface area (Å²) in [5, 5.41) is 12.6. The summed E-state index contributed by atoms with van der Waals surface area (Å²) < 4.78 is 5.12. The molecule has 3 amide bonds. The molecule has 1 heterocycles. The second-order valence-electron chi connectivity index (χ2n) is 5.87. The van der Waals surface area contributed by atoms with Crippen LogP contribution >= 0.6 is 0 Å². The van der Waals surface area contributed by atoms with Crippen molar-refractivity contribution in [3.05, 3.63) is 65.2 Å². The van der Waals surface area contributed by atoms with Crippen LogP contribution < -0.4 is 15.4 Å². The summed E-state index contributed by atoms with van der Waals surface area (Å²) in [6.07, 6.45) is 0. The topological polar surface area (TPSA) is 109 Å². The van der Waals surface area contributed by atoms with Gasteiger partial charge in [0.2, 0.25) is 0 Å². The van der Waals surface area contributed by atoms with E-state index in [1.165, 1.54) is 0 Å². The zero-order valence-corrected chi connectivity index (χ0v) is 14.6. The number of amides is 3. The third-order valence-corrected chi connectivity index (χ3v) is 4.09. The van der Waals surface area contributed by atoms with Crippen molar-refractivity contribution in [1.82, 2.24) is 10.6 Å². The predicted molar refractivity (Wildman–Crippen MR) is 96.2 cm³/mol. The number of rotatable bonds is 5. The van der Waals surface area contributed by atoms with E-state index in [1.807, 2.05) is 6.07 Å². The Bertz CT molecular complexity index is 910. The molecule has 1 aliphatic rings. The van der Waals surface area contributed by atoms with Gasteiger partial charge in [-0.3, -0.25) is 14.4 Å². The molecule has 8 nitrogen and oxygen atoms in total. The third kappa shape index (κ3) is 4.35. The fraction of sp³-hybridized carbons (Fsp3) is 0.211. The van der Waals surface area contributed by atoms with E-state index in [0.717, 1.165) is 5.56 Å². The van der Waals surface area contributed by atoms with Crippen molar-refractivity contribution in [2.75, 3.05) is 13.7 Å². The van der Waals surface area contributed by atoms with Gasteiger partial charge in [0.15, 0.2) is 0 Å². The molecule has 2 aromatic carbocycles. The van der Waals surface area contributed by atoms with Gasteiger partial charge in [0.25, 0.3) is 5.91 Å². The van der Waals surface area contributed by atoms with Gasteiger partial charge >= 0.3 is 11.8 Å². The van der Waals surface area contributed by atoms with Crippen molar-refractivity contribution < 1.29 is 19.1 Å². The van der Waals surface area contributed by atoms with Gasteiger partial charge in [0, 0.05) is 18.7 Å². The van der Waals surface area contributed by atoms with Crippen LogP contribution in [0.25, 0.3) is 0 Å². The van der Waals surface area contributed by atoms with Gasteiger partial charge in [-0.15, -0.1) is 5.11 Å². The van der Waals surface area contributed by atoms with E-state index in [0.29, 0.717) is 16.9 Å². The molecule has 8 heteroatoms. The lowest BCUT2D eigenvalue weighted by Gasteiger charge is -2.18. The first kappa shape index (κ1) is 18.2. The summed E-state index contributed by atoms with van der Waals surface area (Å²) in [6.45, 7) is 0.267. The SMILES string of the molecule is COc1cccc(CNC(=O)C(=O)NCC2N=NC(=O)c3ccccc32)c1. The Labute approximate surface area is 155 Å². The van der Waals surface area contributed by atoms with Crippen LogP contribution in [0.5, 0.6) is 5.75 Å². The quantitative estimate of drug-likeness (QED) is 0.786. The maximum absolute atomic E-state index is 12.0. The van der Waals surface area contributed by atoms with E-state index in [2.05, 4.69) is 20.9 Å². The van der Waals surface area contributed by atoms with Gasteiger partial charge < -0.3 is 15.4 Å². The molecule has 2 aromatic rings. The highest BCUT2D eigenvalue weighted by Crippen LogP contribution is 2.26. The maximum Gasteiger partial charge on any atom is 0.309 e. The number of hydrogen-bond acceptors (Lipinski definition) is 5. The number of carbonyl (C=O) groups excluding carboxylic acids is 3. The van der Waals surface area contributed by atoms with Crippen LogP contribution in [0, 0.1) is 0 Å². The largest absolute Gasteiger partial charge is 0.497 e. The normalized spacial score (nSPS) is 15.0. The Hall–Kier alpha value is -3.55. The Morgan fingerprint density at radius 3 is 2.67 bits per heavy atom. The van der Waals surface area contributed by atoms with E-state index < -0.39 is 23.8 Å². The van der Waals surface area contributed by atoms with Gasteiger partial charge in [-0.25, -0.2) is 0 Å². The number of benzene rings is 2. The summed E-state index contributed by atoms with van der Waals surface area (Å²) in [5.41, 5.74) is 1.94. The molecular formula is C19H18N4O4. The summed E-state index contributed by atoms with van der Waals surface area (Å²) in [6, 6.07) is 13.6. The van der Waals surface area contributed by atoms with Crippen LogP contribution in [0.3, 0.4) is 0 Å². The van der Waals surface area contributed by atoms with E-state index in [1.54, 1.807) is 49.6 Å². The molecule has 0 fully saturated rings. The number of azo groups is 1. The number of methoxy groups -OCH3 is 1. The molecule has 0 radical (unpaired) electrons. The van der Waals surface area contributed by atoms with Crippen molar-refractivity contribution in [3.8, 4) is 5.75 Å². The first-order valence-corrected chi connectivity index (χ1v) is 8.31. The number of hydrogen-bond donors (Lipinski definition) is 2. The lowest BCUT2D eigenvalue weighted by Crippen LogP contribution is -2.41. The van der Waals surface area contributed by atoms with Gasteiger partial charge in [-0.05, 0) is 29.3 Å². The standard InChI is InChI=1S/C19H18N4O4/c1-27-13-6-4-5-12(9-13)10-20-18(25)19(26)21-11-16-14-7-2-3-8-15(14)17(24)23-22-16/h2-9,16H,10-11H2,1H3,(H,20,25)(H,21,26). The number of nitrogens with zero attached hydrogens (tertiary/aromatic N) is 2. The summed E-state index contributed by atoms with van der Waals surface area (Å²) in [4.78, 5) is 35.7. The van der Waals surface area contributed by atoms with Crippen molar-refractivity contribution in [2.45, 2.75) is 12.6 Å². The van der Waals surface area contributed by atoms with E-state index in [-0.39, 0.29) is 13.1 Å². The minimum absolute atomic E-state index is 0.0687. The van der Waals surface area contributed by atoms with Crippen LogP contribution in [0.2, 0.25) is 0 Å². The monoisotopic (exact) mass is 366 g/mol. The molecule has 0 bridgehead atoms. The van der Waals surface area contributed by atoms with Crippen LogP contribution in [0.4, 0.5) is 0 Å². The molecule has 27 heavy (non-hydrogen) atoms. The minimum Gasteiger partial charge on any atom is -0.497 e. The second kappa shape index (κ2) is 8.22. The van der Waals surface area contributed by atoms with E-state index >= 15 is 0 Å². The average Bonchev–Trinajstić information content (AvgIpc) is 2.71. The summed E-state index contributed by atoms with van der Waals surface area (Å²) in [7, 11) is 1.56. The molecule has 0 saturated heterocycles. The average molecular weight is 366 g/mol. The minimum atomic E-state index is -0.775. The number of fused-ring (bicyclic) bond motifs is 1. The Balaban J connectivity index is 1.54. The van der Waals surface area contributed by atoms with Crippen molar-refractivity contribution in [1.29, 1.82) is 0 Å². The highest BCUT2D eigenvalue weighted by molar-refractivity contribution is 6.35. The molecule has 3 rings (SSSR count). The molecule has 0 spiro atoms. The molecule has 1 unspecified atom stereocenters. The Kier molecular flexibility index (Phi) is 5.55. The smallest absolute Gasteiger partial charge is 0.309 e. The summed E-state index contributed by atoms with van der Waals surface area (Å²) in [5.74, 6) is -1.27. The van der Waals surface area contributed by atoms with Gasteiger partial charge in [-0.1, -0.05) is 30.3 Å². The number of nitrogens with one attached hydrogen (secondary N) is 2. The van der Waals surface area contributed by atoms with Gasteiger partial charge in [-0.2, -0.15) is 5.11 Å². The van der Waals surface area contributed by atoms with Crippen molar-refractivity contribution in [3.63, 3.8) is 0 Å². The second-order valence-corrected chi connectivity index (χ2v) is 5.87. The zero-order valence-electron chi connectivity index (χ0n) is 14.6. The Morgan fingerprint density at radius 2 is 1.85 bits per heavy atom. The highest BCUT2D eigenvalue weighted by Gasteiger charge is 2.24. The van der Waals surface area contributed by atoms with Crippen molar-refractivity contribution in [2.24, 2.45) is 10.2 Å². The lowest BCUT2D eigenvalue weighted by atomic mass is 9.99. The molecule has 0 saturated carbocycles. The fourth-order valence-electron chi connectivity index (χ4n) is 2.69. The number of carbonyl (C=O) groups is 3. The number of ether oxygens (including phenoxy) is 1. The third-order valence-electron chi connectivity index (χ3n) is 4.09. The van der Waals surface area contributed by atoms with E-state index in [9.17, 15) is 14.4 Å². The zero-order chi connectivity index (χ0) is 19.2. The molecule has 138 valence electrons. The summed E-state index contributed by atoms with van der Waals surface area (Å²) >= 11 is 0. The first-order valence-electron chi connectivity index (χ1n) is 8.31. The van der Waals surface area contributed by atoms with Gasteiger partial charge in [0.05, 0.1) is 7.11 Å². The van der Waals surface area contributed by atoms with E-state index in [4.69, 9.17) is 4.74 Å². The van der Waals surface area contributed by atoms with Crippen LogP contribution in [0.1, 0.15) is 27.5 Å². The molecule has 2 N–H and O–H groups in total. The molecule has 0 aliphatic carbocycles. The van der Waals surface area contributed by atoms with Crippen LogP contribution in [0.15, 0.2) is 58.8 Å². The first-order chi connectivity index (χ1) is 13.1. The Morgan fingerprint density at radius 1 is 1.07 bits per heavy atom. The lowest BCUT2D eigenvalue weighted by molar-refractivity contribution is -0.139. The van der Waals surface area contributed by atoms with Crippen LogP contribution in [-0.4, -0.2) is 31.4 Å². The van der Waals surface area contributed by atoms with Crippen LogP contribution in [-0.2, 0) is 16.1 Å². The van der Waals surface area contributed by atoms with Crippen molar-refractivity contribution >= 4 is 17.7 Å². The molecule has 1 atom stereocenters. The maximum atomic E-state index is 12.0. The predicted octanol–water partition coefficient (Wildman–Crippen LogP) is 1.77. The molecule has 0 aromatic heterocycles. The molecular weight excluding hydrogens is 348 g/mol. The highest BCUT2D eigenvalue weighted by atomic mass is 16.5. The van der Waals surface area contributed by atoms with Gasteiger partial charge in [0.1, 0.15) is 11.8 Å².